The molecule has 1 atom stereocenters. The van der Waals surface area contributed by atoms with Gasteiger partial charge in [0, 0.05) is 18.8 Å². The molecule has 0 aliphatic heterocycles. The van der Waals surface area contributed by atoms with Crippen LogP contribution in [0.25, 0.3) is 11.5 Å². The molecule has 2 heterocycles. The van der Waals surface area contributed by atoms with Gasteiger partial charge in [-0.25, -0.2) is 4.79 Å². The third kappa shape index (κ3) is 2.88. The first kappa shape index (κ1) is 14.0. The number of benzene rings is 1. The van der Waals surface area contributed by atoms with Gasteiger partial charge >= 0.3 is 5.97 Å². The maximum absolute atomic E-state index is 12.0. The van der Waals surface area contributed by atoms with E-state index in [1.54, 1.807) is 20.2 Å². The maximum Gasteiger partial charge on any atom is 0.342 e. The highest BCUT2D eigenvalue weighted by Crippen LogP contribution is 2.21. The number of rotatable bonds is 4. The van der Waals surface area contributed by atoms with Crippen LogP contribution < -0.4 is 0 Å². The SMILES string of the molecule is C[C@H](OC(=O)c1cnn(C)c1)c1noc(-c2ccccc2)n1. The predicted molar refractivity (Wildman–Crippen MR) is 76.8 cm³/mol. The molecule has 3 rings (SSSR count). The van der Waals surface area contributed by atoms with Gasteiger partial charge in [-0.3, -0.25) is 4.68 Å². The van der Waals surface area contributed by atoms with E-state index in [4.69, 9.17) is 9.26 Å². The van der Waals surface area contributed by atoms with E-state index in [0.717, 1.165) is 5.56 Å². The van der Waals surface area contributed by atoms with Gasteiger partial charge in [0.25, 0.3) is 5.89 Å². The van der Waals surface area contributed by atoms with Crippen molar-refractivity contribution in [2.45, 2.75) is 13.0 Å². The molecule has 0 N–H and O–H groups in total. The molecule has 3 aromatic rings. The number of hydrogen-bond donors (Lipinski definition) is 0. The molecule has 0 fully saturated rings. The van der Waals surface area contributed by atoms with E-state index in [1.165, 1.54) is 10.9 Å². The van der Waals surface area contributed by atoms with Crippen LogP contribution in [-0.2, 0) is 11.8 Å². The first-order valence-corrected chi connectivity index (χ1v) is 6.72. The standard InChI is InChI=1S/C15H14N4O3/c1-10(21-15(20)12-8-16-19(2)9-12)13-17-14(22-18-13)11-6-4-3-5-7-11/h3-10H,1-2H3/t10-/m0/s1. The lowest BCUT2D eigenvalue weighted by Gasteiger charge is -2.07. The maximum atomic E-state index is 12.0. The molecular formula is C15H14N4O3. The third-order valence-electron chi connectivity index (χ3n) is 3.05. The summed E-state index contributed by atoms with van der Waals surface area (Å²) >= 11 is 0. The van der Waals surface area contributed by atoms with Gasteiger partial charge in [-0.2, -0.15) is 10.1 Å². The van der Waals surface area contributed by atoms with Gasteiger partial charge in [0.2, 0.25) is 5.82 Å². The van der Waals surface area contributed by atoms with Gasteiger partial charge in [0.15, 0.2) is 6.10 Å². The lowest BCUT2D eigenvalue weighted by Crippen LogP contribution is -2.09. The molecule has 0 aliphatic carbocycles. The molecule has 7 heteroatoms. The molecule has 0 spiro atoms. The highest BCUT2D eigenvalue weighted by molar-refractivity contribution is 5.88. The van der Waals surface area contributed by atoms with Crippen molar-refractivity contribution < 1.29 is 14.1 Å². The molecule has 0 aliphatic rings. The zero-order valence-electron chi connectivity index (χ0n) is 12.1. The summed E-state index contributed by atoms with van der Waals surface area (Å²) in [6, 6.07) is 9.39. The van der Waals surface area contributed by atoms with E-state index >= 15 is 0 Å². The number of carbonyl (C=O) groups is 1. The highest BCUT2D eigenvalue weighted by atomic mass is 16.5. The average molecular weight is 298 g/mol. The van der Waals surface area contributed by atoms with Crippen LogP contribution in [0.5, 0.6) is 0 Å². The minimum Gasteiger partial charge on any atom is -0.451 e. The van der Waals surface area contributed by atoms with Gasteiger partial charge in [-0.15, -0.1) is 0 Å². The Balaban J connectivity index is 1.72. The number of nitrogens with zero attached hydrogens (tertiary/aromatic N) is 4. The van der Waals surface area contributed by atoms with Crippen molar-refractivity contribution in [3.8, 4) is 11.5 Å². The molecule has 0 bridgehead atoms. The van der Waals surface area contributed by atoms with Gasteiger partial charge in [-0.1, -0.05) is 23.4 Å². The molecule has 7 nitrogen and oxygen atoms in total. The Labute approximate surface area is 126 Å². The number of aromatic nitrogens is 4. The van der Waals surface area contributed by atoms with Crippen molar-refractivity contribution >= 4 is 5.97 Å². The summed E-state index contributed by atoms with van der Waals surface area (Å²) in [6.07, 6.45) is 2.41. The number of esters is 1. The van der Waals surface area contributed by atoms with E-state index in [1.807, 2.05) is 30.3 Å². The van der Waals surface area contributed by atoms with Crippen molar-refractivity contribution in [1.29, 1.82) is 0 Å². The predicted octanol–water partition coefficient (Wildman–Crippen LogP) is 2.39. The number of ether oxygens (including phenoxy) is 1. The molecule has 0 saturated heterocycles. The molecule has 2 aromatic heterocycles. The van der Waals surface area contributed by atoms with Crippen molar-refractivity contribution in [1.82, 2.24) is 19.9 Å². The molecule has 22 heavy (non-hydrogen) atoms. The Kier molecular flexibility index (Phi) is 3.69. The van der Waals surface area contributed by atoms with E-state index < -0.39 is 12.1 Å². The van der Waals surface area contributed by atoms with Crippen molar-refractivity contribution in [3.63, 3.8) is 0 Å². The second kappa shape index (κ2) is 5.80. The fraction of sp³-hybridized carbons (Fsp3) is 0.200. The van der Waals surface area contributed by atoms with Crippen LogP contribution in [0.3, 0.4) is 0 Å². The summed E-state index contributed by atoms with van der Waals surface area (Å²) in [5.41, 5.74) is 1.19. The fourth-order valence-corrected chi connectivity index (χ4v) is 1.91. The molecule has 0 amide bonds. The monoisotopic (exact) mass is 298 g/mol. The minimum atomic E-state index is -0.617. The van der Waals surface area contributed by atoms with Crippen LogP contribution in [0.1, 0.15) is 29.2 Å². The van der Waals surface area contributed by atoms with Gasteiger partial charge in [-0.05, 0) is 19.1 Å². The number of hydrogen-bond acceptors (Lipinski definition) is 6. The smallest absolute Gasteiger partial charge is 0.342 e. The van der Waals surface area contributed by atoms with Gasteiger partial charge < -0.3 is 9.26 Å². The third-order valence-corrected chi connectivity index (χ3v) is 3.05. The first-order chi connectivity index (χ1) is 10.6. The Morgan fingerprint density at radius 2 is 2.09 bits per heavy atom. The summed E-state index contributed by atoms with van der Waals surface area (Å²) in [5.74, 6) is 0.225. The molecule has 0 saturated carbocycles. The second-order valence-electron chi connectivity index (χ2n) is 4.77. The van der Waals surface area contributed by atoms with Crippen molar-refractivity contribution in [2.75, 3.05) is 0 Å². The van der Waals surface area contributed by atoms with Crippen LogP contribution in [0.15, 0.2) is 47.2 Å². The Morgan fingerprint density at radius 1 is 1.32 bits per heavy atom. The molecule has 0 radical (unpaired) electrons. The molecular weight excluding hydrogens is 284 g/mol. The summed E-state index contributed by atoms with van der Waals surface area (Å²) in [5, 5.41) is 7.79. The highest BCUT2D eigenvalue weighted by Gasteiger charge is 2.20. The Morgan fingerprint density at radius 3 is 2.77 bits per heavy atom. The van der Waals surface area contributed by atoms with Gasteiger partial charge in [0.05, 0.1) is 11.8 Å². The number of aryl methyl sites for hydroxylation is 1. The van der Waals surface area contributed by atoms with Gasteiger partial charge in [0.1, 0.15) is 0 Å². The second-order valence-corrected chi connectivity index (χ2v) is 4.77. The van der Waals surface area contributed by atoms with Crippen LogP contribution in [0, 0.1) is 0 Å². The van der Waals surface area contributed by atoms with Crippen molar-refractivity contribution in [2.24, 2.45) is 7.05 Å². The Hall–Kier alpha value is -2.96. The van der Waals surface area contributed by atoms with Crippen LogP contribution in [0.2, 0.25) is 0 Å². The number of carbonyl (C=O) groups excluding carboxylic acids is 1. The first-order valence-electron chi connectivity index (χ1n) is 6.72. The quantitative estimate of drug-likeness (QED) is 0.688. The normalized spacial score (nSPS) is 12.1. The lowest BCUT2D eigenvalue weighted by molar-refractivity contribution is 0.0315. The van der Waals surface area contributed by atoms with Crippen LogP contribution in [-0.4, -0.2) is 25.9 Å². The largest absolute Gasteiger partial charge is 0.451 e. The fourth-order valence-electron chi connectivity index (χ4n) is 1.91. The van der Waals surface area contributed by atoms with Crippen LogP contribution >= 0.6 is 0 Å². The van der Waals surface area contributed by atoms with E-state index in [0.29, 0.717) is 17.3 Å². The topological polar surface area (TPSA) is 83.0 Å². The van der Waals surface area contributed by atoms with E-state index in [2.05, 4.69) is 15.2 Å². The van der Waals surface area contributed by atoms with Crippen LogP contribution in [0.4, 0.5) is 0 Å². The minimum absolute atomic E-state index is 0.316. The summed E-state index contributed by atoms with van der Waals surface area (Å²) in [6.45, 7) is 1.69. The average Bonchev–Trinajstić information content (AvgIpc) is 3.17. The molecule has 112 valence electrons. The summed E-state index contributed by atoms with van der Waals surface area (Å²) in [4.78, 5) is 16.2. The van der Waals surface area contributed by atoms with E-state index in [-0.39, 0.29) is 0 Å². The molecule has 0 unspecified atom stereocenters. The zero-order valence-corrected chi connectivity index (χ0v) is 12.1. The Bertz CT molecular complexity index is 779. The zero-order chi connectivity index (χ0) is 15.5. The lowest BCUT2D eigenvalue weighted by atomic mass is 10.2. The molecule has 1 aromatic carbocycles. The summed E-state index contributed by atoms with van der Waals surface area (Å²) in [7, 11) is 1.73. The summed E-state index contributed by atoms with van der Waals surface area (Å²) < 4.78 is 12.0. The van der Waals surface area contributed by atoms with Crippen molar-refractivity contribution in [3.05, 3.63) is 54.1 Å². The van der Waals surface area contributed by atoms with E-state index in [9.17, 15) is 4.79 Å².